The molecule has 0 atom stereocenters. The highest BCUT2D eigenvalue weighted by molar-refractivity contribution is 5.88. The second kappa shape index (κ2) is 9.90. The van der Waals surface area contributed by atoms with Gasteiger partial charge in [-0.1, -0.05) is 51.2 Å². The molecule has 31 heavy (non-hydrogen) atoms. The van der Waals surface area contributed by atoms with Crippen molar-refractivity contribution in [3.63, 3.8) is 0 Å². The zero-order chi connectivity index (χ0) is 22.4. The normalized spacial score (nSPS) is 11.7. The number of phenolic OH excluding ortho intramolecular Hbond substituents is 1. The summed E-state index contributed by atoms with van der Waals surface area (Å²) >= 11 is 0. The number of alkyl halides is 3. The van der Waals surface area contributed by atoms with Gasteiger partial charge in [-0.2, -0.15) is 13.2 Å². The molecule has 2 aromatic carbocycles. The van der Waals surface area contributed by atoms with Crippen LogP contribution < -0.4 is 10.2 Å². The standard InChI is InChI=1S/C24H25F3O4/c1-2-3-4-5-6-7-11-30-18-13-20(28)22-21(14-18)31-15-19(23(22)29)16-9-8-10-17(12-16)24(25,26)27/h8-10,12-15,28H,2-7,11H2,1H3. The molecular formula is C24H25F3O4. The van der Waals surface area contributed by atoms with Crippen LogP contribution in [0.25, 0.3) is 22.1 Å². The van der Waals surface area contributed by atoms with Crippen LogP contribution in [0.15, 0.2) is 51.9 Å². The SMILES string of the molecule is CCCCCCCCOc1cc(O)c2c(=O)c(-c3cccc(C(F)(F)F)c3)coc2c1. The van der Waals surface area contributed by atoms with Gasteiger partial charge in [-0.3, -0.25) is 4.79 Å². The van der Waals surface area contributed by atoms with Crippen LogP contribution in [0, 0.1) is 0 Å². The lowest BCUT2D eigenvalue weighted by atomic mass is 10.0. The first-order valence-corrected chi connectivity index (χ1v) is 10.4. The summed E-state index contributed by atoms with van der Waals surface area (Å²) in [5.41, 5.74) is -1.37. The van der Waals surface area contributed by atoms with Crippen LogP contribution in [-0.4, -0.2) is 11.7 Å². The van der Waals surface area contributed by atoms with Crippen molar-refractivity contribution in [1.29, 1.82) is 0 Å². The highest BCUT2D eigenvalue weighted by Gasteiger charge is 2.30. The highest BCUT2D eigenvalue weighted by Crippen LogP contribution is 2.33. The fraction of sp³-hybridized carbons (Fsp3) is 0.375. The first kappa shape index (κ1) is 22.7. The molecule has 0 aliphatic heterocycles. The molecule has 1 heterocycles. The maximum atomic E-state index is 13.0. The molecule has 0 unspecified atom stereocenters. The Morgan fingerprint density at radius 3 is 2.52 bits per heavy atom. The number of fused-ring (bicyclic) bond motifs is 1. The predicted molar refractivity (Wildman–Crippen MR) is 113 cm³/mol. The average molecular weight is 434 g/mol. The van der Waals surface area contributed by atoms with Crippen LogP contribution in [0.3, 0.4) is 0 Å². The lowest BCUT2D eigenvalue weighted by molar-refractivity contribution is -0.137. The molecule has 3 aromatic rings. The molecule has 0 saturated carbocycles. The summed E-state index contributed by atoms with van der Waals surface area (Å²) in [5.74, 6) is 0.0338. The number of hydrogen-bond acceptors (Lipinski definition) is 4. The molecule has 7 heteroatoms. The first-order valence-electron chi connectivity index (χ1n) is 10.4. The molecule has 0 aliphatic rings. The number of aromatic hydroxyl groups is 1. The minimum absolute atomic E-state index is 0.0605. The van der Waals surface area contributed by atoms with Gasteiger partial charge in [0.15, 0.2) is 0 Å². The Balaban J connectivity index is 1.80. The molecule has 166 valence electrons. The van der Waals surface area contributed by atoms with Gasteiger partial charge in [0.25, 0.3) is 0 Å². The Bertz CT molecular complexity index is 1090. The van der Waals surface area contributed by atoms with Crippen molar-refractivity contribution in [2.45, 2.75) is 51.6 Å². The third-order valence-electron chi connectivity index (χ3n) is 5.10. The molecule has 0 bridgehead atoms. The van der Waals surface area contributed by atoms with Crippen LogP contribution in [0.5, 0.6) is 11.5 Å². The van der Waals surface area contributed by atoms with Gasteiger partial charge in [-0.05, 0) is 24.1 Å². The number of phenols is 1. The molecular weight excluding hydrogens is 409 g/mol. The smallest absolute Gasteiger partial charge is 0.416 e. The van der Waals surface area contributed by atoms with Crippen molar-refractivity contribution >= 4 is 11.0 Å². The van der Waals surface area contributed by atoms with E-state index < -0.39 is 17.2 Å². The topological polar surface area (TPSA) is 59.7 Å². The van der Waals surface area contributed by atoms with Crippen molar-refractivity contribution in [2.75, 3.05) is 6.61 Å². The number of unbranched alkanes of at least 4 members (excludes halogenated alkanes) is 5. The fourth-order valence-electron chi connectivity index (χ4n) is 3.43. The molecule has 0 saturated heterocycles. The van der Waals surface area contributed by atoms with Gasteiger partial charge >= 0.3 is 6.18 Å². The summed E-state index contributed by atoms with van der Waals surface area (Å²) in [7, 11) is 0. The van der Waals surface area contributed by atoms with Crippen LogP contribution in [0.2, 0.25) is 0 Å². The summed E-state index contributed by atoms with van der Waals surface area (Å²) < 4.78 is 50.1. The van der Waals surface area contributed by atoms with E-state index >= 15 is 0 Å². The molecule has 3 rings (SSSR count). The first-order chi connectivity index (χ1) is 14.8. The third kappa shape index (κ3) is 5.60. The molecule has 0 aliphatic carbocycles. The summed E-state index contributed by atoms with van der Waals surface area (Å²) in [6, 6.07) is 7.25. The van der Waals surface area contributed by atoms with Crippen LogP contribution in [0.1, 0.15) is 51.0 Å². The van der Waals surface area contributed by atoms with E-state index in [4.69, 9.17) is 9.15 Å². The zero-order valence-corrected chi connectivity index (χ0v) is 17.3. The molecule has 1 aromatic heterocycles. The third-order valence-corrected chi connectivity index (χ3v) is 5.10. The van der Waals surface area contributed by atoms with Crippen molar-refractivity contribution in [2.24, 2.45) is 0 Å². The van der Waals surface area contributed by atoms with Crippen LogP contribution in [-0.2, 0) is 6.18 Å². The van der Waals surface area contributed by atoms with Crippen molar-refractivity contribution in [3.8, 4) is 22.6 Å². The molecule has 0 fully saturated rings. The molecule has 0 radical (unpaired) electrons. The van der Waals surface area contributed by atoms with Crippen molar-refractivity contribution in [1.82, 2.24) is 0 Å². The van der Waals surface area contributed by atoms with Gasteiger partial charge in [0.1, 0.15) is 28.7 Å². The molecule has 4 nitrogen and oxygen atoms in total. The second-order valence-electron chi connectivity index (χ2n) is 7.49. The van der Waals surface area contributed by atoms with Crippen LogP contribution in [0.4, 0.5) is 13.2 Å². The largest absolute Gasteiger partial charge is 0.507 e. The number of halogens is 3. The van der Waals surface area contributed by atoms with Gasteiger partial charge in [0, 0.05) is 12.1 Å². The van der Waals surface area contributed by atoms with E-state index in [2.05, 4.69) is 6.92 Å². The fourth-order valence-corrected chi connectivity index (χ4v) is 3.43. The van der Waals surface area contributed by atoms with E-state index in [0.29, 0.717) is 12.4 Å². The van der Waals surface area contributed by atoms with E-state index in [1.54, 1.807) is 0 Å². The molecule has 0 amide bonds. The van der Waals surface area contributed by atoms with Gasteiger partial charge < -0.3 is 14.3 Å². The number of ether oxygens (including phenoxy) is 1. The monoisotopic (exact) mass is 434 g/mol. The van der Waals surface area contributed by atoms with Crippen LogP contribution >= 0.6 is 0 Å². The maximum Gasteiger partial charge on any atom is 0.416 e. The summed E-state index contributed by atoms with van der Waals surface area (Å²) in [4.78, 5) is 12.9. The highest BCUT2D eigenvalue weighted by atomic mass is 19.4. The van der Waals surface area contributed by atoms with Gasteiger partial charge in [0.05, 0.1) is 17.7 Å². The Kier molecular flexibility index (Phi) is 7.25. The van der Waals surface area contributed by atoms with E-state index in [-0.39, 0.29) is 27.8 Å². The molecule has 0 spiro atoms. The average Bonchev–Trinajstić information content (AvgIpc) is 2.72. The minimum atomic E-state index is -4.53. The molecule has 1 N–H and O–H groups in total. The van der Waals surface area contributed by atoms with Gasteiger partial charge in [-0.25, -0.2) is 0 Å². The Morgan fingerprint density at radius 1 is 1.03 bits per heavy atom. The van der Waals surface area contributed by atoms with E-state index in [1.807, 2.05) is 0 Å². The van der Waals surface area contributed by atoms with E-state index in [1.165, 1.54) is 43.5 Å². The predicted octanol–water partition coefficient (Wildman–Crippen LogP) is 6.92. The summed E-state index contributed by atoms with van der Waals surface area (Å²) in [6.45, 7) is 2.64. The Morgan fingerprint density at radius 2 is 1.77 bits per heavy atom. The number of hydrogen-bond donors (Lipinski definition) is 1. The number of benzene rings is 2. The lowest BCUT2D eigenvalue weighted by Gasteiger charge is -2.10. The minimum Gasteiger partial charge on any atom is -0.507 e. The maximum absolute atomic E-state index is 13.0. The van der Waals surface area contributed by atoms with Crippen molar-refractivity contribution in [3.05, 3.63) is 58.4 Å². The van der Waals surface area contributed by atoms with Crippen molar-refractivity contribution < 1.29 is 27.4 Å². The Hall–Kier alpha value is -2.96. The zero-order valence-electron chi connectivity index (χ0n) is 17.3. The lowest BCUT2D eigenvalue weighted by Crippen LogP contribution is -2.08. The number of rotatable bonds is 9. The van der Waals surface area contributed by atoms with E-state index in [0.717, 1.165) is 37.7 Å². The quantitative estimate of drug-likeness (QED) is 0.371. The Labute approximate surface area is 178 Å². The van der Waals surface area contributed by atoms with Gasteiger partial charge in [0.2, 0.25) is 5.43 Å². The summed E-state index contributed by atoms with van der Waals surface area (Å²) in [5, 5.41) is 10.3. The summed E-state index contributed by atoms with van der Waals surface area (Å²) in [6.07, 6.45) is 3.26. The van der Waals surface area contributed by atoms with E-state index in [9.17, 15) is 23.1 Å². The second-order valence-corrected chi connectivity index (χ2v) is 7.49. The van der Waals surface area contributed by atoms with Gasteiger partial charge in [-0.15, -0.1) is 0 Å².